The fourth-order valence-electron chi connectivity index (χ4n) is 5.46. The highest BCUT2D eigenvalue weighted by Crippen LogP contribution is 2.28. The van der Waals surface area contributed by atoms with E-state index in [4.69, 9.17) is 4.98 Å². The van der Waals surface area contributed by atoms with Crippen LogP contribution in [0.15, 0.2) is 48.7 Å². The molecule has 182 valence electrons. The van der Waals surface area contributed by atoms with Crippen LogP contribution in [0.2, 0.25) is 0 Å². The van der Waals surface area contributed by atoms with Crippen LogP contribution in [-0.2, 0) is 19.6 Å². The molecule has 2 aromatic carbocycles. The van der Waals surface area contributed by atoms with E-state index < -0.39 is 0 Å². The van der Waals surface area contributed by atoms with Crippen LogP contribution < -0.4 is 0 Å². The number of rotatable bonds is 10. The van der Waals surface area contributed by atoms with E-state index in [1.54, 1.807) is 0 Å². The van der Waals surface area contributed by atoms with E-state index in [0.717, 1.165) is 55.5 Å². The smallest absolute Gasteiger partial charge is 0.140 e. The second-order valence-electron chi connectivity index (χ2n) is 10.2. The highest BCUT2D eigenvalue weighted by atomic mass is 16.3. The van der Waals surface area contributed by atoms with Gasteiger partial charge in [0.2, 0.25) is 0 Å². The SMILES string of the molecule is CCCCn1c(CN(Cc2cc(C)c(O)c(C)c2)CC2CCCCC2)cnc1-c1ccccc1. The van der Waals surface area contributed by atoms with Gasteiger partial charge in [-0.25, -0.2) is 4.98 Å². The summed E-state index contributed by atoms with van der Waals surface area (Å²) in [6.45, 7) is 10.2. The van der Waals surface area contributed by atoms with Gasteiger partial charge in [-0.2, -0.15) is 0 Å². The number of phenols is 1. The number of hydrogen-bond acceptors (Lipinski definition) is 3. The van der Waals surface area contributed by atoms with Gasteiger partial charge >= 0.3 is 0 Å². The van der Waals surface area contributed by atoms with Crippen molar-refractivity contribution in [3.8, 4) is 17.1 Å². The summed E-state index contributed by atoms with van der Waals surface area (Å²) >= 11 is 0. The first-order chi connectivity index (χ1) is 16.5. The Morgan fingerprint density at radius 2 is 1.71 bits per heavy atom. The van der Waals surface area contributed by atoms with Gasteiger partial charge in [-0.15, -0.1) is 0 Å². The van der Waals surface area contributed by atoms with Crippen molar-refractivity contribution in [2.75, 3.05) is 6.54 Å². The first kappa shape index (κ1) is 24.5. The number of phenolic OH excluding ortho intramolecular Hbond substituents is 1. The van der Waals surface area contributed by atoms with Crippen LogP contribution >= 0.6 is 0 Å². The molecule has 1 aromatic heterocycles. The number of aromatic hydroxyl groups is 1. The van der Waals surface area contributed by atoms with Gasteiger partial charge < -0.3 is 9.67 Å². The topological polar surface area (TPSA) is 41.3 Å². The van der Waals surface area contributed by atoms with Crippen molar-refractivity contribution >= 4 is 0 Å². The third kappa shape index (κ3) is 6.09. The van der Waals surface area contributed by atoms with Crippen LogP contribution in [0, 0.1) is 19.8 Å². The lowest BCUT2D eigenvalue weighted by atomic mass is 9.89. The molecular formula is C30H41N3O. The number of nitrogens with zero attached hydrogens (tertiary/aromatic N) is 3. The van der Waals surface area contributed by atoms with E-state index in [1.165, 1.54) is 55.3 Å². The first-order valence-corrected chi connectivity index (χ1v) is 13.2. The second kappa shape index (κ2) is 11.7. The van der Waals surface area contributed by atoms with Crippen LogP contribution in [0.1, 0.15) is 74.3 Å². The number of hydrogen-bond donors (Lipinski definition) is 1. The Balaban J connectivity index is 1.61. The summed E-state index contributed by atoms with van der Waals surface area (Å²) in [7, 11) is 0. The lowest BCUT2D eigenvalue weighted by Crippen LogP contribution is -2.31. The van der Waals surface area contributed by atoms with Gasteiger partial charge in [0.05, 0.1) is 11.9 Å². The average molecular weight is 460 g/mol. The maximum atomic E-state index is 10.3. The van der Waals surface area contributed by atoms with E-state index in [1.807, 2.05) is 13.8 Å². The van der Waals surface area contributed by atoms with Crippen molar-refractivity contribution in [3.05, 3.63) is 71.0 Å². The zero-order valence-electron chi connectivity index (χ0n) is 21.3. The van der Waals surface area contributed by atoms with Crippen LogP contribution in [0.3, 0.4) is 0 Å². The van der Waals surface area contributed by atoms with Crippen molar-refractivity contribution in [2.45, 2.75) is 85.4 Å². The molecule has 4 nitrogen and oxygen atoms in total. The van der Waals surface area contributed by atoms with Crippen molar-refractivity contribution in [2.24, 2.45) is 5.92 Å². The molecule has 3 aromatic rings. The molecule has 1 heterocycles. The van der Waals surface area contributed by atoms with Gasteiger partial charge in [0.1, 0.15) is 11.6 Å². The lowest BCUT2D eigenvalue weighted by Gasteiger charge is -2.30. The predicted molar refractivity (Wildman–Crippen MR) is 141 cm³/mol. The fraction of sp³-hybridized carbons (Fsp3) is 0.500. The molecule has 1 aliphatic rings. The molecule has 1 saturated carbocycles. The summed E-state index contributed by atoms with van der Waals surface area (Å²) in [6.07, 6.45) is 11.2. The summed E-state index contributed by atoms with van der Waals surface area (Å²) in [5.74, 6) is 2.28. The molecule has 4 rings (SSSR count). The molecule has 0 radical (unpaired) electrons. The van der Waals surface area contributed by atoms with E-state index in [9.17, 15) is 5.11 Å². The van der Waals surface area contributed by atoms with Gasteiger partial charge in [-0.05, 0) is 55.7 Å². The third-order valence-electron chi connectivity index (χ3n) is 7.29. The van der Waals surface area contributed by atoms with Gasteiger partial charge in [0.25, 0.3) is 0 Å². The lowest BCUT2D eigenvalue weighted by molar-refractivity contribution is 0.183. The molecule has 0 bridgehead atoms. The molecule has 0 atom stereocenters. The maximum Gasteiger partial charge on any atom is 0.140 e. The molecule has 0 amide bonds. The molecule has 1 fully saturated rings. The van der Waals surface area contributed by atoms with Crippen LogP contribution in [-0.4, -0.2) is 26.1 Å². The zero-order valence-corrected chi connectivity index (χ0v) is 21.3. The molecule has 0 saturated heterocycles. The summed E-state index contributed by atoms with van der Waals surface area (Å²) < 4.78 is 2.44. The molecule has 34 heavy (non-hydrogen) atoms. The van der Waals surface area contributed by atoms with Gasteiger partial charge in [0, 0.05) is 31.7 Å². The summed E-state index contributed by atoms with van der Waals surface area (Å²) in [4.78, 5) is 7.51. The van der Waals surface area contributed by atoms with Crippen LogP contribution in [0.4, 0.5) is 0 Å². The van der Waals surface area contributed by atoms with Crippen molar-refractivity contribution in [3.63, 3.8) is 0 Å². The molecule has 1 N–H and O–H groups in total. The second-order valence-corrected chi connectivity index (χ2v) is 10.2. The largest absolute Gasteiger partial charge is 0.507 e. The standard InChI is InChI=1S/C30H41N3O/c1-4-5-16-33-28(19-31-30(33)27-14-10-7-11-15-27)22-32(20-25-12-8-6-9-13-25)21-26-17-23(2)29(34)24(3)18-26/h7,10-11,14-15,17-19,25,34H,4-6,8-9,12-13,16,20-22H2,1-3H3. The van der Waals surface area contributed by atoms with Crippen LogP contribution in [0.5, 0.6) is 5.75 Å². The van der Waals surface area contributed by atoms with Crippen LogP contribution in [0.25, 0.3) is 11.4 Å². The van der Waals surface area contributed by atoms with E-state index in [2.05, 4.69) is 65.1 Å². The zero-order chi connectivity index (χ0) is 23.9. The maximum absolute atomic E-state index is 10.3. The number of aromatic nitrogens is 2. The Labute approximate surface area is 205 Å². The molecule has 1 aliphatic carbocycles. The first-order valence-electron chi connectivity index (χ1n) is 13.2. The molecule has 4 heteroatoms. The quantitative estimate of drug-likeness (QED) is 0.347. The predicted octanol–water partition coefficient (Wildman–Crippen LogP) is 7.26. The third-order valence-corrected chi connectivity index (χ3v) is 7.29. The fourth-order valence-corrected chi connectivity index (χ4v) is 5.46. The molecule has 0 spiro atoms. The Morgan fingerprint density at radius 3 is 2.38 bits per heavy atom. The molecule has 0 unspecified atom stereocenters. The summed E-state index contributed by atoms with van der Waals surface area (Å²) in [5, 5.41) is 10.3. The number of aryl methyl sites for hydroxylation is 2. The Hall–Kier alpha value is -2.59. The minimum absolute atomic E-state index is 0.424. The van der Waals surface area contributed by atoms with E-state index >= 15 is 0 Å². The average Bonchev–Trinajstić information content (AvgIpc) is 3.24. The Bertz CT molecular complexity index is 1030. The Kier molecular flexibility index (Phi) is 8.44. The summed E-state index contributed by atoms with van der Waals surface area (Å²) in [5.41, 5.74) is 5.70. The molecular weight excluding hydrogens is 418 g/mol. The van der Waals surface area contributed by atoms with Crippen molar-refractivity contribution < 1.29 is 5.11 Å². The van der Waals surface area contributed by atoms with Crippen molar-refractivity contribution in [1.29, 1.82) is 0 Å². The van der Waals surface area contributed by atoms with Gasteiger partial charge in [0.15, 0.2) is 0 Å². The monoisotopic (exact) mass is 459 g/mol. The Morgan fingerprint density at radius 1 is 1.00 bits per heavy atom. The number of unbranched alkanes of at least 4 members (excludes halogenated alkanes) is 1. The van der Waals surface area contributed by atoms with Gasteiger partial charge in [-0.3, -0.25) is 4.90 Å². The minimum Gasteiger partial charge on any atom is -0.507 e. The highest BCUT2D eigenvalue weighted by molar-refractivity contribution is 5.55. The van der Waals surface area contributed by atoms with E-state index in [-0.39, 0.29) is 0 Å². The highest BCUT2D eigenvalue weighted by Gasteiger charge is 2.21. The van der Waals surface area contributed by atoms with Gasteiger partial charge in [-0.1, -0.05) is 75.1 Å². The number of benzene rings is 2. The van der Waals surface area contributed by atoms with Crippen molar-refractivity contribution in [1.82, 2.24) is 14.5 Å². The minimum atomic E-state index is 0.424. The normalized spacial score (nSPS) is 14.7. The van der Waals surface area contributed by atoms with E-state index in [0.29, 0.717) is 5.75 Å². The summed E-state index contributed by atoms with van der Waals surface area (Å²) in [6, 6.07) is 14.9. The number of imidazole rings is 1. The molecule has 0 aliphatic heterocycles.